The van der Waals surface area contributed by atoms with Crippen LogP contribution in [-0.2, 0) is 22.6 Å². The highest BCUT2D eigenvalue weighted by atomic mass is 16.2. The van der Waals surface area contributed by atoms with Crippen LogP contribution in [0.4, 0.5) is 0 Å². The SMILES string of the molecule is CCc1ccc(C(C)NC(=O)C(=O)N(Cc2ccccc2)C(C)C)cc1. The van der Waals surface area contributed by atoms with E-state index in [0.717, 1.165) is 17.5 Å². The zero-order valence-electron chi connectivity index (χ0n) is 16.0. The lowest BCUT2D eigenvalue weighted by atomic mass is 10.0. The molecule has 1 unspecified atom stereocenters. The van der Waals surface area contributed by atoms with Gasteiger partial charge in [0.1, 0.15) is 0 Å². The Bertz CT molecular complexity index is 724. The van der Waals surface area contributed by atoms with Gasteiger partial charge in [0.2, 0.25) is 0 Å². The van der Waals surface area contributed by atoms with Crippen LogP contribution in [0.25, 0.3) is 0 Å². The average Bonchev–Trinajstić information content (AvgIpc) is 2.66. The topological polar surface area (TPSA) is 49.4 Å². The van der Waals surface area contributed by atoms with E-state index in [4.69, 9.17) is 0 Å². The molecule has 4 nitrogen and oxygen atoms in total. The maximum absolute atomic E-state index is 12.7. The molecule has 2 rings (SSSR count). The van der Waals surface area contributed by atoms with Crippen molar-refractivity contribution in [2.24, 2.45) is 0 Å². The summed E-state index contributed by atoms with van der Waals surface area (Å²) in [4.78, 5) is 26.7. The lowest BCUT2D eigenvalue weighted by molar-refractivity contribution is -0.147. The molecule has 1 atom stereocenters. The molecule has 2 aromatic carbocycles. The van der Waals surface area contributed by atoms with Gasteiger partial charge in [-0.2, -0.15) is 0 Å². The summed E-state index contributed by atoms with van der Waals surface area (Å²) in [6, 6.07) is 17.5. The summed E-state index contributed by atoms with van der Waals surface area (Å²) < 4.78 is 0. The van der Waals surface area contributed by atoms with Gasteiger partial charge in [0.05, 0.1) is 6.04 Å². The summed E-state index contributed by atoms with van der Waals surface area (Å²) in [7, 11) is 0. The van der Waals surface area contributed by atoms with Gasteiger partial charge in [-0.3, -0.25) is 9.59 Å². The largest absolute Gasteiger partial charge is 0.341 e. The van der Waals surface area contributed by atoms with Gasteiger partial charge in [0, 0.05) is 12.6 Å². The number of nitrogens with one attached hydrogen (secondary N) is 1. The van der Waals surface area contributed by atoms with Crippen molar-refractivity contribution >= 4 is 11.8 Å². The number of amides is 2. The van der Waals surface area contributed by atoms with Crippen LogP contribution in [0.15, 0.2) is 54.6 Å². The van der Waals surface area contributed by atoms with Crippen molar-refractivity contribution in [2.75, 3.05) is 0 Å². The van der Waals surface area contributed by atoms with Crippen molar-refractivity contribution in [3.05, 3.63) is 71.3 Å². The Balaban J connectivity index is 2.04. The summed E-state index contributed by atoms with van der Waals surface area (Å²) in [5.41, 5.74) is 3.24. The molecule has 0 fully saturated rings. The third-order valence-electron chi connectivity index (χ3n) is 4.51. The van der Waals surface area contributed by atoms with E-state index >= 15 is 0 Å². The fourth-order valence-corrected chi connectivity index (χ4v) is 2.78. The predicted octanol–water partition coefficient (Wildman–Crippen LogP) is 3.86. The standard InChI is InChI=1S/C22H28N2O2/c1-5-18-11-13-20(14-12-18)17(4)23-21(25)22(26)24(16(2)3)15-19-9-7-6-8-10-19/h6-14,16-17H,5,15H2,1-4H3,(H,23,25). The summed E-state index contributed by atoms with van der Waals surface area (Å²) in [6.07, 6.45) is 0.975. The first-order chi connectivity index (χ1) is 12.4. The Morgan fingerprint density at radius 2 is 1.54 bits per heavy atom. The number of nitrogens with zero attached hydrogens (tertiary/aromatic N) is 1. The minimum Gasteiger partial charge on any atom is -0.341 e. The zero-order valence-corrected chi connectivity index (χ0v) is 16.0. The van der Waals surface area contributed by atoms with Gasteiger partial charge in [-0.05, 0) is 43.9 Å². The number of carbonyl (C=O) groups is 2. The maximum Gasteiger partial charge on any atom is 0.312 e. The quantitative estimate of drug-likeness (QED) is 0.803. The van der Waals surface area contributed by atoms with E-state index in [-0.39, 0.29) is 12.1 Å². The zero-order chi connectivity index (χ0) is 19.1. The molecule has 0 bridgehead atoms. The number of aryl methyl sites for hydroxylation is 1. The molecule has 0 saturated heterocycles. The Hall–Kier alpha value is -2.62. The van der Waals surface area contributed by atoms with E-state index in [1.54, 1.807) is 4.90 Å². The molecule has 138 valence electrons. The first kappa shape index (κ1) is 19.7. The van der Waals surface area contributed by atoms with Crippen molar-refractivity contribution in [2.45, 2.75) is 52.7 Å². The van der Waals surface area contributed by atoms with Crippen LogP contribution >= 0.6 is 0 Å². The predicted molar refractivity (Wildman–Crippen MR) is 105 cm³/mol. The molecule has 0 aliphatic heterocycles. The molecule has 0 radical (unpaired) electrons. The van der Waals surface area contributed by atoms with E-state index in [9.17, 15) is 9.59 Å². The molecule has 0 aromatic heterocycles. The smallest absolute Gasteiger partial charge is 0.312 e. The van der Waals surface area contributed by atoms with Gasteiger partial charge in [-0.1, -0.05) is 61.5 Å². The van der Waals surface area contributed by atoms with Crippen molar-refractivity contribution in [3.63, 3.8) is 0 Å². The van der Waals surface area contributed by atoms with Crippen LogP contribution < -0.4 is 5.32 Å². The molecule has 0 aliphatic rings. The van der Waals surface area contributed by atoms with Gasteiger partial charge in [-0.15, -0.1) is 0 Å². The summed E-state index contributed by atoms with van der Waals surface area (Å²) in [5.74, 6) is -1.07. The molecule has 0 aliphatic carbocycles. The van der Waals surface area contributed by atoms with Crippen LogP contribution in [0, 0.1) is 0 Å². The van der Waals surface area contributed by atoms with Crippen molar-refractivity contribution in [1.82, 2.24) is 10.2 Å². The highest BCUT2D eigenvalue weighted by Gasteiger charge is 2.25. The first-order valence-corrected chi connectivity index (χ1v) is 9.16. The summed E-state index contributed by atoms with van der Waals surface area (Å²) in [5, 5.41) is 2.82. The van der Waals surface area contributed by atoms with Crippen molar-refractivity contribution in [1.29, 1.82) is 0 Å². The van der Waals surface area contributed by atoms with Gasteiger partial charge < -0.3 is 10.2 Å². The first-order valence-electron chi connectivity index (χ1n) is 9.16. The molecule has 2 aromatic rings. The summed E-state index contributed by atoms with van der Waals surface area (Å²) >= 11 is 0. The third-order valence-corrected chi connectivity index (χ3v) is 4.51. The molecule has 26 heavy (non-hydrogen) atoms. The fourth-order valence-electron chi connectivity index (χ4n) is 2.78. The van der Waals surface area contributed by atoms with E-state index < -0.39 is 11.8 Å². The molecule has 0 saturated carbocycles. The van der Waals surface area contributed by atoms with E-state index in [1.807, 2.05) is 63.2 Å². The van der Waals surface area contributed by atoms with E-state index in [2.05, 4.69) is 24.4 Å². The normalized spacial score (nSPS) is 11.9. The van der Waals surface area contributed by atoms with Crippen LogP contribution in [0.5, 0.6) is 0 Å². The van der Waals surface area contributed by atoms with Gasteiger partial charge in [0.15, 0.2) is 0 Å². The Morgan fingerprint density at radius 3 is 2.08 bits per heavy atom. The summed E-state index contributed by atoms with van der Waals surface area (Å²) in [6.45, 7) is 8.25. The average molecular weight is 352 g/mol. The van der Waals surface area contributed by atoms with E-state index in [1.165, 1.54) is 5.56 Å². The second-order valence-corrected chi connectivity index (χ2v) is 6.80. The molecule has 1 N–H and O–H groups in total. The lowest BCUT2D eigenvalue weighted by Crippen LogP contribution is -2.46. The molecule has 2 amide bonds. The van der Waals surface area contributed by atoms with Crippen molar-refractivity contribution in [3.8, 4) is 0 Å². The molecular weight excluding hydrogens is 324 g/mol. The second kappa shape index (κ2) is 9.18. The number of rotatable bonds is 6. The molecule has 0 spiro atoms. The maximum atomic E-state index is 12.7. The van der Waals surface area contributed by atoms with Gasteiger partial charge in [-0.25, -0.2) is 0 Å². The Morgan fingerprint density at radius 1 is 0.923 bits per heavy atom. The Kier molecular flexibility index (Phi) is 6.96. The van der Waals surface area contributed by atoms with Crippen LogP contribution in [0.2, 0.25) is 0 Å². The van der Waals surface area contributed by atoms with Crippen LogP contribution in [0.3, 0.4) is 0 Å². The lowest BCUT2D eigenvalue weighted by Gasteiger charge is -2.27. The minimum atomic E-state index is -0.568. The molecular formula is C22H28N2O2. The number of hydrogen-bond acceptors (Lipinski definition) is 2. The highest BCUT2D eigenvalue weighted by Crippen LogP contribution is 2.15. The molecule has 4 heteroatoms. The number of benzene rings is 2. The highest BCUT2D eigenvalue weighted by molar-refractivity contribution is 6.35. The third kappa shape index (κ3) is 5.19. The van der Waals surface area contributed by atoms with Crippen LogP contribution in [-0.4, -0.2) is 22.8 Å². The van der Waals surface area contributed by atoms with Gasteiger partial charge >= 0.3 is 11.8 Å². The number of hydrogen-bond donors (Lipinski definition) is 1. The van der Waals surface area contributed by atoms with Crippen LogP contribution in [0.1, 0.15) is 50.4 Å². The monoisotopic (exact) mass is 352 g/mol. The van der Waals surface area contributed by atoms with Gasteiger partial charge in [0.25, 0.3) is 0 Å². The minimum absolute atomic E-state index is 0.0624. The van der Waals surface area contributed by atoms with E-state index in [0.29, 0.717) is 6.54 Å². The second-order valence-electron chi connectivity index (χ2n) is 6.80. The molecule has 0 heterocycles. The fraction of sp³-hybridized carbons (Fsp3) is 0.364. The Labute approximate surface area is 156 Å². The van der Waals surface area contributed by atoms with Crippen molar-refractivity contribution < 1.29 is 9.59 Å². The number of carbonyl (C=O) groups excluding carboxylic acids is 2.